The van der Waals surface area contributed by atoms with E-state index in [1.54, 1.807) is 0 Å². The van der Waals surface area contributed by atoms with E-state index < -0.39 is 6.04 Å². The van der Waals surface area contributed by atoms with Gasteiger partial charge in [0.15, 0.2) is 0 Å². The third-order valence-electron chi connectivity index (χ3n) is 4.67. The van der Waals surface area contributed by atoms with Gasteiger partial charge >= 0.3 is 0 Å². The molecule has 0 spiro atoms. The first-order valence-electron chi connectivity index (χ1n) is 8.71. The molecule has 2 aliphatic rings. The van der Waals surface area contributed by atoms with Crippen LogP contribution in [0.2, 0.25) is 0 Å². The van der Waals surface area contributed by atoms with Gasteiger partial charge in [0.1, 0.15) is 6.04 Å². The Morgan fingerprint density at radius 3 is 2.77 bits per heavy atom. The lowest BCUT2D eigenvalue weighted by atomic mass is 10.1. The Morgan fingerprint density at radius 1 is 1.19 bits per heavy atom. The third-order valence-corrected chi connectivity index (χ3v) is 4.67. The zero-order valence-corrected chi connectivity index (χ0v) is 14.5. The highest BCUT2D eigenvalue weighted by Gasteiger charge is 2.32. The van der Waals surface area contributed by atoms with Gasteiger partial charge in [0, 0.05) is 17.9 Å². The number of hydrogen-bond acceptors (Lipinski definition) is 4. The molecule has 0 aromatic heterocycles. The van der Waals surface area contributed by atoms with Gasteiger partial charge in [-0.15, -0.1) is 0 Å². The summed E-state index contributed by atoms with van der Waals surface area (Å²) < 4.78 is 0. The summed E-state index contributed by atoms with van der Waals surface area (Å²) in [5.74, 6) is -0.00706. The second-order valence-corrected chi connectivity index (χ2v) is 6.61. The first-order valence-corrected chi connectivity index (χ1v) is 8.71. The van der Waals surface area contributed by atoms with Gasteiger partial charge in [0.05, 0.1) is 6.42 Å². The number of hydrogen-bond donors (Lipinski definition) is 2. The quantitative estimate of drug-likeness (QED) is 0.874. The molecule has 0 saturated carbocycles. The van der Waals surface area contributed by atoms with Gasteiger partial charge < -0.3 is 10.2 Å². The van der Waals surface area contributed by atoms with Crippen molar-refractivity contribution >= 4 is 29.1 Å². The molecule has 0 unspecified atom stereocenters. The fourth-order valence-electron chi connectivity index (χ4n) is 3.29. The van der Waals surface area contributed by atoms with Crippen LogP contribution in [0, 0.1) is 6.92 Å². The average molecular weight is 348 g/mol. The summed E-state index contributed by atoms with van der Waals surface area (Å²) in [7, 11) is 0. The van der Waals surface area contributed by atoms with Crippen LogP contribution in [-0.2, 0) is 16.0 Å². The van der Waals surface area contributed by atoms with Gasteiger partial charge in [-0.05, 0) is 37.1 Å². The Kier molecular flexibility index (Phi) is 4.16. The Labute approximate surface area is 151 Å². The zero-order chi connectivity index (χ0) is 18.1. The van der Waals surface area contributed by atoms with E-state index in [1.807, 2.05) is 54.3 Å². The molecular formula is C20H20N4O2. The number of carbonyl (C=O) groups excluding carboxylic acids is 2. The maximum absolute atomic E-state index is 12.6. The van der Waals surface area contributed by atoms with Crippen molar-refractivity contribution in [2.24, 2.45) is 4.99 Å². The molecule has 2 heterocycles. The smallest absolute Gasteiger partial charge is 0.249 e. The number of aliphatic imine (C=N–C) groups is 1. The number of nitrogens with one attached hydrogen (secondary N) is 2. The van der Waals surface area contributed by atoms with E-state index in [0.717, 1.165) is 24.2 Å². The summed E-state index contributed by atoms with van der Waals surface area (Å²) >= 11 is 0. The van der Waals surface area contributed by atoms with E-state index in [-0.39, 0.29) is 18.2 Å². The minimum Gasteiger partial charge on any atom is -0.324 e. The van der Waals surface area contributed by atoms with Crippen molar-refractivity contribution in [3.05, 3.63) is 59.7 Å². The van der Waals surface area contributed by atoms with E-state index in [1.165, 1.54) is 5.56 Å². The Balaban J connectivity index is 1.55. The largest absolute Gasteiger partial charge is 0.324 e. The van der Waals surface area contributed by atoms with Crippen LogP contribution in [-0.4, -0.2) is 30.4 Å². The molecule has 0 saturated heterocycles. The number of para-hydroxylation sites is 1. The fraction of sp³-hybridized carbons (Fsp3) is 0.250. The highest BCUT2D eigenvalue weighted by atomic mass is 16.2. The number of amides is 2. The highest BCUT2D eigenvalue weighted by molar-refractivity contribution is 6.11. The second kappa shape index (κ2) is 6.63. The summed E-state index contributed by atoms with van der Waals surface area (Å²) in [5, 5.41) is 5.66. The minimum absolute atomic E-state index is 0.0523. The summed E-state index contributed by atoms with van der Waals surface area (Å²) in [4.78, 5) is 31.2. The van der Waals surface area contributed by atoms with Crippen LogP contribution in [0.5, 0.6) is 0 Å². The van der Waals surface area contributed by atoms with E-state index in [9.17, 15) is 9.59 Å². The van der Waals surface area contributed by atoms with E-state index >= 15 is 0 Å². The maximum atomic E-state index is 12.6. The van der Waals surface area contributed by atoms with E-state index in [0.29, 0.717) is 11.6 Å². The fourth-order valence-corrected chi connectivity index (χ4v) is 3.29. The Hall–Kier alpha value is -3.15. The molecule has 4 rings (SSSR count). The Morgan fingerprint density at radius 2 is 1.96 bits per heavy atom. The summed E-state index contributed by atoms with van der Waals surface area (Å²) in [6, 6.07) is 14.9. The SMILES string of the molecule is Cc1ccc(NC(=O)[C@H]2CC(=O)NC(N3CCc4ccccc43)=N2)cc1. The molecule has 2 aromatic carbocycles. The number of fused-ring (bicyclic) bond motifs is 1. The summed E-state index contributed by atoms with van der Waals surface area (Å²) in [5.41, 5.74) is 4.07. The molecule has 2 N–H and O–H groups in total. The number of guanidine groups is 1. The average Bonchev–Trinajstić information content (AvgIpc) is 3.07. The molecule has 26 heavy (non-hydrogen) atoms. The van der Waals surface area contributed by atoms with Gasteiger partial charge in [0.2, 0.25) is 17.8 Å². The van der Waals surface area contributed by atoms with Crippen molar-refractivity contribution in [3.8, 4) is 0 Å². The first kappa shape index (κ1) is 16.3. The van der Waals surface area contributed by atoms with E-state index in [2.05, 4.69) is 21.7 Å². The number of rotatable bonds is 2. The summed E-state index contributed by atoms with van der Waals surface area (Å²) in [6.07, 6.45) is 0.946. The number of anilines is 2. The topological polar surface area (TPSA) is 73.8 Å². The van der Waals surface area contributed by atoms with Crippen LogP contribution in [0.25, 0.3) is 0 Å². The molecule has 2 aliphatic heterocycles. The second-order valence-electron chi connectivity index (χ2n) is 6.61. The Bertz CT molecular complexity index is 889. The molecule has 2 amide bonds. The summed E-state index contributed by atoms with van der Waals surface area (Å²) in [6.45, 7) is 2.73. The molecule has 0 bridgehead atoms. The van der Waals surface area contributed by atoms with Crippen molar-refractivity contribution in [2.45, 2.75) is 25.8 Å². The number of aryl methyl sites for hydroxylation is 1. The third kappa shape index (κ3) is 3.18. The van der Waals surface area contributed by atoms with Gasteiger partial charge in [-0.25, -0.2) is 4.99 Å². The number of nitrogens with zero attached hydrogens (tertiary/aromatic N) is 2. The molecule has 6 heteroatoms. The van der Waals surface area contributed by atoms with Crippen LogP contribution in [0.4, 0.5) is 11.4 Å². The lowest BCUT2D eigenvalue weighted by Crippen LogP contribution is -2.50. The predicted molar refractivity (Wildman–Crippen MR) is 101 cm³/mol. The van der Waals surface area contributed by atoms with Crippen molar-refractivity contribution in [1.82, 2.24) is 5.32 Å². The van der Waals surface area contributed by atoms with Crippen molar-refractivity contribution in [1.29, 1.82) is 0 Å². The van der Waals surface area contributed by atoms with Crippen molar-refractivity contribution in [3.63, 3.8) is 0 Å². The molecule has 2 aromatic rings. The van der Waals surface area contributed by atoms with Crippen molar-refractivity contribution < 1.29 is 9.59 Å². The first-order chi connectivity index (χ1) is 12.6. The lowest BCUT2D eigenvalue weighted by molar-refractivity contribution is -0.124. The van der Waals surface area contributed by atoms with Crippen molar-refractivity contribution in [2.75, 3.05) is 16.8 Å². The molecule has 132 valence electrons. The monoisotopic (exact) mass is 348 g/mol. The number of benzene rings is 2. The molecule has 0 aliphatic carbocycles. The molecule has 6 nitrogen and oxygen atoms in total. The standard InChI is InChI=1S/C20H20N4O2/c1-13-6-8-15(9-7-13)21-19(26)16-12-18(25)23-20(22-16)24-11-10-14-4-2-3-5-17(14)24/h2-9,16H,10-12H2,1H3,(H,21,26)(H,22,23,25)/t16-/m1/s1. The maximum Gasteiger partial charge on any atom is 0.249 e. The van der Waals surface area contributed by atoms with Gasteiger partial charge in [0.25, 0.3) is 0 Å². The molecule has 1 atom stereocenters. The van der Waals surface area contributed by atoms with Crippen LogP contribution in [0.3, 0.4) is 0 Å². The van der Waals surface area contributed by atoms with Crippen LogP contribution in [0.15, 0.2) is 53.5 Å². The zero-order valence-electron chi connectivity index (χ0n) is 14.5. The molecule has 0 fully saturated rings. The van der Waals surface area contributed by atoms with E-state index in [4.69, 9.17) is 0 Å². The highest BCUT2D eigenvalue weighted by Crippen LogP contribution is 2.28. The lowest BCUT2D eigenvalue weighted by Gasteiger charge is -2.27. The van der Waals surface area contributed by atoms with Crippen LogP contribution in [0.1, 0.15) is 17.5 Å². The number of carbonyl (C=O) groups is 2. The predicted octanol–water partition coefficient (Wildman–Crippen LogP) is 2.24. The molecular weight excluding hydrogens is 328 g/mol. The van der Waals surface area contributed by atoms with Gasteiger partial charge in [-0.2, -0.15) is 0 Å². The molecule has 0 radical (unpaired) electrons. The van der Waals surface area contributed by atoms with Gasteiger partial charge in [-0.3, -0.25) is 14.9 Å². The van der Waals surface area contributed by atoms with Gasteiger partial charge in [-0.1, -0.05) is 35.9 Å². The normalized spacial score (nSPS) is 18.8. The minimum atomic E-state index is -0.729. The van der Waals surface area contributed by atoms with Crippen LogP contribution < -0.4 is 15.5 Å². The van der Waals surface area contributed by atoms with Crippen LogP contribution >= 0.6 is 0 Å².